The molecule has 0 radical (unpaired) electrons. The van der Waals surface area contributed by atoms with E-state index in [1.807, 2.05) is 17.9 Å². The lowest BCUT2D eigenvalue weighted by atomic mass is 10.0. The Morgan fingerprint density at radius 3 is 2.78 bits per heavy atom. The van der Waals surface area contributed by atoms with Crippen molar-refractivity contribution >= 4 is 5.96 Å². The first kappa shape index (κ1) is 17.8. The minimum atomic E-state index is 0.0587. The molecule has 2 heterocycles. The van der Waals surface area contributed by atoms with Crippen LogP contribution in [-0.4, -0.2) is 71.4 Å². The summed E-state index contributed by atoms with van der Waals surface area (Å²) in [7, 11) is 6.19. The molecule has 6 nitrogen and oxygen atoms in total. The Hall–Kier alpha value is -1.56. The van der Waals surface area contributed by atoms with Crippen molar-refractivity contribution in [3.8, 4) is 0 Å². The third kappa shape index (κ3) is 4.47. The summed E-state index contributed by atoms with van der Waals surface area (Å²) in [6.07, 6.45) is 5.29. The van der Waals surface area contributed by atoms with Crippen LogP contribution in [0.4, 0.5) is 0 Å². The van der Waals surface area contributed by atoms with Gasteiger partial charge in [0.15, 0.2) is 5.96 Å². The maximum atomic E-state index is 4.89. The summed E-state index contributed by atoms with van der Waals surface area (Å²) in [6.45, 7) is 10.3. The van der Waals surface area contributed by atoms with E-state index in [1.54, 1.807) is 0 Å². The molecule has 1 aromatic rings. The number of aryl methyl sites for hydroxylation is 1. The Labute approximate surface area is 140 Å². The SMILES string of the molecule is CCNC(=NCC(C)(C)N(C)C)N1CCC(c2cnn(C)c2)C1. The first-order valence-corrected chi connectivity index (χ1v) is 8.52. The number of hydrogen-bond donors (Lipinski definition) is 1. The fourth-order valence-electron chi connectivity index (χ4n) is 2.71. The first-order valence-electron chi connectivity index (χ1n) is 8.52. The molecule has 1 aliphatic heterocycles. The number of aromatic nitrogens is 2. The van der Waals surface area contributed by atoms with Crippen molar-refractivity contribution in [2.24, 2.45) is 12.0 Å². The summed E-state index contributed by atoms with van der Waals surface area (Å²) in [6, 6.07) is 0. The minimum Gasteiger partial charge on any atom is -0.357 e. The molecule has 23 heavy (non-hydrogen) atoms. The summed E-state index contributed by atoms with van der Waals surface area (Å²) >= 11 is 0. The van der Waals surface area contributed by atoms with Crippen molar-refractivity contribution in [2.45, 2.75) is 38.6 Å². The lowest BCUT2D eigenvalue weighted by Gasteiger charge is -2.32. The predicted molar refractivity (Wildman–Crippen MR) is 95.9 cm³/mol. The highest BCUT2D eigenvalue weighted by Crippen LogP contribution is 2.26. The zero-order valence-electron chi connectivity index (χ0n) is 15.5. The zero-order valence-corrected chi connectivity index (χ0v) is 15.5. The summed E-state index contributed by atoms with van der Waals surface area (Å²) in [5, 5.41) is 7.75. The largest absolute Gasteiger partial charge is 0.357 e. The smallest absolute Gasteiger partial charge is 0.194 e. The van der Waals surface area contributed by atoms with E-state index in [4.69, 9.17) is 4.99 Å². The van der Waals surface area contributed by atoms with Crippen LogP contribution in [0.1, 0.15) is 38.7 Å². The Kier molecular flexibility index (Phi) is 5.68. The van der Waals surface area contributed by atoms with Crippen molar-refractivity contribution < 1.29 is 0 Å². The number of likely N-dealkylation sites (tertiary alicyclic amines) is 1. The van der Waals surface area contributed by atoms with Gasteiger partial charge in [0.25, 0.3) is 0 Å². The summed E-state index contributed by atoms with van der Waals surface area (Å²) < 4.78 is 1.89. The highest BCUT2D eigenvalue weighted by molar-refractivity contribution is 5.80. The maximum absolute atomic E-state index is 4.89. The van der Waals surface area contributed by atoms with Crippen LogP contribution in [-0.2, 0) is 7.05 Å². The highest BCUT2D eigenvalue weighted by Gasteiger charge is 2.28. The molecular weight excluding hydrogens is 288 g/mol. The van der Waals surface area contributed by atoms with Crippen LogP contribution in [0.2, 0.25) is 0 Å². The van der Waals surface area contributed by atoms with Gasteiger partial charge in [-0.1, -0.05) is 0 Å². The van der Waals surface area contributed by atoms with Crippen LogP contribution in [0.3, 0.4) is 0 Å². The van der Waals surface area contributed by atoms with Crippen molar-refractivity contribution in [2.75, 3.05) is 40.3 Å². The van der Waals surface area contributed by atoms with Gasteiger partial charge in [0.05, 0.1) is 12.7 Å². The maximum Gasteiger partial charge on any atom is 0.194 e. The molecule has 1 atom stereocenters. The number of rotatable bonds is 5. The van der Waals surface area contributed by atoms with Gasteiger partial charge in [-0.2, -0.15) is 5.10 Å². The molecule has 2 rings (SSSR count). The van der Waals surface area contributed by atoms with Crippen molar-refractivity contribution in [1.82, 2.24) is 24.9 Å². The van der Waals surface area contributed by atoms with Crippen molar-refractivity contribution in [1.29, 1.82) is 0 Å². The summed E-state index contributed by atoms with van der Waals surface area (Å²) in [5.41, 5.74) is 1.39. The van der Waals surface area contributed by atoms with Crippen LogP contribution < -0.4 is 5.32 Å². The van der Waals surface area contributed by atoms with Gasteiger partial charge in [-0.3, -0.25) is 9.67 Å². The number of aliphatic imine (C=N–C) groups is 1. The molecule has 0 saturated carbocycles. The molecule has 0 spiro atoms. The summed E-state index contributed by atoms with van der Waals surface area (Å²) in [5.74, 6) is 1.59. The van der Waals surface area contributed by atoms with Gasteiger partial charge in [0.1, 0.15) is 0 Å². The van der Waals surface area contributed by atoms with Crippen molar-refractivity contribution in [3.63, 3.8) is 0 Å². The van der Waals surface area contributed by atoms with Crippen LogP contribution in [0, 0.1) is 0 Å². The van der Waals surface area contributed by atoms with E-state index in [0.717, 1.165) is 38.6 Å². The lowest BCUT2D eigenvalue weighted by Crippen LogP contribution is -2.44. The van der Waals surface area contributed by atoms with E-state index >= 15 is 0 Å². The Morgan fingerprint density at radius 1 is 1.48 bits per heavy atom. The molecule has 0 bridgehead atoms. The lowest BCUT2D eigenvalue weighted by molar-refractivity contribution is 0.204. The predicted octanol–water partition coefficient (Wildman–Crippen LogP) is 1.52. The van der Waals surface area contributed by atoms with Gasteiger partial charge in [-0.05, 0) is 46.9 Å². The number of hydrogen-bond acceptors (Lipinski definition) is 3. The van der Waals surface area contributed by atoms with Gasteiger partial charge in [0, 0.05) is 44.3 Å². The Balaban J connectivity index is 2.04. The minimum absolute atomic E-state index is 0.0587. The third-order valence-electron chi connectivity index (χ3n) is 4.85. The van der Waals surface area contributed by atoms with E-state index in [1.165, 1.54) is 5.56 Å². The second kappa shape index (κ2) is 7.34. The van der Waals surface area contributed by atoms with Crippen molar-refractivity contribution in [3.05, 3.63) is 18.0 Å². The Bertz CT molecular complexity index is 531. The number of nitrogens with zero attached hydrogens (tertiary/aromatic N) is 5. The third-order valence-corrected chi connectivity index (χ3v) is 4.85. The van der Waals surface area contributed by atoms with E-state index in [9.17, 15) is 0 Å². The molecule has 0 aliphatic carbocycles. The molecule has 1 aromatic heterocycles. The molecule has 0 amide bonds. The number of guanidine groups is 1. The molecule has 1 saturated heterocycles. The van der Waals surface area contributed by atoms with E-state index in [2.05, 4.69) is 61.3 Å². The molecule has 0 aromatic carbocycles. The molecule has 1 N–H and O–H groups in total. The molecule has 1 aliphatic rings. The molecule has 1 unspecified atom stereocenters. The quantitative estimate of drug-likeness (QED) is 0.660. The molecular formula is C17H32N6. The standard InChI is InChI=1S/C17H32N6/c1-7-18-16(19-13-17(2,3)21(4)5)23-9-8-14(12-23)15-10-20-22(6)11-15/h10-11,14H,7-9,12-13H2,1-6H3,(H,18,19). The van der Waals surface area contributed by atoms with Crippen LogP contribution in [0.15, 0.2) is 17.4 Å². The monoisotopic (exact) mass is 320 g/mol. The van der Waals surface area contributed by atoms with Gasteiger partial charge >= 0.3 is 0 Å². The van der Waals surface area contributed by atoms with E-state index < -0.39 is 0 Å². The van der Waals surface area contributed by atoms with Gasteiger partial charge in [-0.15, -0.1) is 0 Å². The average Bonchev–Trinajstić information content (AvgIpc) is 3.12. The fourth-order valence-corrected chi connectivity index (χ4v) is 2.71. The zero-order chi connectivity index (χ0) is 17.0. The van der Waals surface area contributed by atoms with Gasteiger partial charge < -0.3 is 15.1 Å². The van der Waals surface area contributed by atoms with Crippen LogP contribution in [0.25, 0.3) is 0 Å². The number of nitrogens with one attached hydrogen (secondary N) is 1. The topological polar surface area (TPSA) is 48.7 Å². The molecule has 130 valence electrons. The number of likely N-dealkylation sites (N-methyl/N-ethyl adjacent to an activating group) is 1. The average molecular weight is 320 g/mol. The second-order valence-electron chi connectivity index (χ2n) is 7.26. The molecule has 6 heteroatoms. The van der Waals surface area contributed by atoms with Gasteiger partial charge in [-0.25, -0.2) is 0 Å². The van der Waals surface area contributed by atoms with E-state index in [-0.39, 0.29) is 5.54 Å². The second-order valence-corrected chi connectivity index (χ2v) is 7.26. The summed E-state index contributed by atoms with van der Waals surface area (Å²) in [4.78, 5) is 9.50. The van der Waals surface area contributed by atoms with Gasteiger partial charge in [0.2, 0.25) is 0 Å². The normalized spacial score (nSPS) is 19.7. The Morgan fingerprint density at radius 2 is 2.22 bits per heavy atom. The highest BCUT2D eigenvalue weighted by atomic mass is 15.3. The first-order chi connectivity index (χ1) is 10.8. The fraction of sp³-hybridized carbons (Fsp3) is 0.765. The van der Waals surface area contributed by atoms with Crippen LogP contribution >= 0.6 is 0 Å². The van der Waals surface area contributed by atoms with Crippen LogP contribution in [0.5, 0.6) is 0 Å². The van der Waals surface area contributed by atoms with E-state index in [0.29, 0.717) is 5.92 Å². The molecule has 1 fully saturated rings.